The summed E-state index contributed by atoms with van der Waals surface area (Å²) in [6, 6.07) is 6.04. The van der Waals surface area contributed by atoms with Gasteiger partial charge in [0, 0.05) is 30.3 Å². The van der Waals surface area contributed by atoms with E-state index >= 15 is 0 Å². The summed E-state index contributed by atoms with van der Waals surface area (Å²) in [5, 5.41) is 2.73. The summed E-state index contributed by atoms with van der Waals surface area (Å²) >= 11 is 3.52. The fourth-order valence-electron chi connectivity index (χ4n) is 2.40. The smallest absolute Gasteiger partial charge is 0.242 e. The van der Waals surface area contributed by atoms with Crippen LogP contribution in [0, 0.1) is 0 Å². The van der Waals surface area contributed by atoms with Gasteiger partial charge < -0.3 is 16.0 Å². The second kappa shape index (κ2) is 5.71. The highest BCUT2D eigenvalue weighted by Crippen LogP contribution is 2.29. The minimum absolute atomic E-state index is 0.0503. The van der Waals surface area contributed by atoms with Crippen LogP contribution < -0.4 is 16.0 Å². The number of nitrogens with two attached hydrogens (primary N) is 1. The van der Waals surface area contributed by atoms with Crippen molar-refractivity contribution in [3.63, 3.8) is 0 Å². The number of amides is 1. The van der Waals surface area contributed by atoms with Crippen LogP contribution in [0.3, 0.4) is 0 Å². The first-order valence-corrected chi connectivity index (χ1v) is 6.93. The van der Waals surface area contributed by atoms with Gasteiger partial charge in [-0.2, -0.15) is 0 Å². The van der Waals surface area contributed by atoms with E-state index in [-0.39, 0.29) is 11.9 Å². The van der Waals surface area contributed by atoms with Crippen LogP contribution >= 0.6 is 15.9 Å². The molecule has 0 spiro atoms. The Morgan fingerprint density at radius 3 is 3.00 bits per heavy atom. The molecule has 0 bridgehead atoms. The molecule has 1 atom stereocenters. The summed E-state index contributed by atoms with van der Waals surface area (Å²) < 4.78 is 1.00. The van der Waals surface area contributed by atoms with E-state index in [1.165, 1.54) is 0 Å². The van der Waals surface area contributed by atoms with E-state index in [9.17, 15) is 4.79 Å². The van der Waals surface area contributed by atoms with Crippen molar-refractivity contribution >= 4 is 27.5 Å². The maximum Gasteiger partial charge on any atom is 0.242 e. The summed E-state index contributed by atoms with van der Waals surface area (Å²) in [5.41, 5.74) is 7.80. The van der Waals surface area contributed by atoms with Crippen LogP contribution in [0.1, 0.15) is 18.4 Å². The second-order valence-electron chi connectivity index (χ2n) is 4.45. The number of hydrogen-bond donors (Lipinski definition) is 2. The van der Waals surface area contributed by atoms with Gasteiger partial charge in [-0.15, -0.1) is 0 Å². The first-order chi connectivity index (χ1) is 8.67. The number of carbonyl (C=O) groups is 1. The normalized spacial score (nSPS) is 19.1. The number of nitrogens with zero attached hydrogens (tertiary/aromatic N) is 1. The van der Waals surface area contributed by atoms with E-state index < -0.39 is 0 Å². The van der Waals surface area contributed by atoms with E-state index in [4.69, 9.17) is 5.73 Å². The molecular formula is C13H18BrN3O. The average molecular weight is 312 g/mol. The summed E-state index contributed by atoms with van der Waals surface area (Å²) in [6.07, 6.45) is 1.96. The van der Waals surface area contributed by atoms with Crippen LogP contribution in [-0.2, 0) is 11.3 Å². The van der Waals surface area contributed by atoms with E-state index in [1.54, 1.807) is 7.05 Å². The Balaban J connectivity index is 2.25. The molecule has 98 valence electrons. The van der Waals surface area contributed by atoms with E-state index in [0.717, 1.165) is 35.1 Å². The third-order valence-corrected chi connectivity index (χ3v) is 4.13. The van der Waals surface area contributed by atoms with Crippen LogP contribution in [0.2, 0.25) is 0 Å². The van der Waals surface area contributed by atoms with Crippen LogP contribution in [0.4, 0.5) is 5.69 Å². The Labute approximate surface area is 116 Å². The fourth-order valence-corrected chi connectivity index (χ4v) is 2.92. The Kier molecular flexibility index (Phi) is 4.24. The summed E-state index contributed by atoms with van der Waals surface area (Å²) in [4.78, 5) is 14.0. The third kappa shape index (κ3) is 2.52. The van der Waals surface area contributed by atoms with Crippen LogP contribution in [0.15, 0.2) is 22.7 Å². The minimum Gasteiger partial charge on any atom is -0.359 e. The number of benzene rings is 1. The molecule has 1 aliphatic rings. The van der Waals surface area contributed by atoms with Crippen molar-refractivity contribution in [2.45, 2.75) is 25.4 Å². The Hall–Kier alpha value is -1.07. The van der Waals surface area contributed by atoms with Crippen molar-refractivity contribution in [1.82, 2.24) is 5.32 Å². The van der Waals surface area contributed by atoms with Gasteiger partial charge in [-0.3, -0.25) is 4.79 Å². The van der Waals surface area contributed by atoms with Gasteiger partial charge in [0.2, 0.25) is 5.91 Å². The van der Waals surface area contributed by atoms with Crippen molar-refractivity contribution < 1.29 is 4.79 Å². The van der Waals surface area contributed by atoms with Crippen molar-refractivity contribution in [2.24, 2.45) is 5.73 Å². The zero-order valence-electron chi connectivity index (χ0n) is 10.4. The van der Waals surface area contributed by atoms with Gasteiger partial charge in [0.25, 0.3) is 0 Å². The molecule has 1 fully saturated rings. The lowest BCUT2D eigenvalue weighted by molar-refractivity contribution is -0.121. The molecule has 0 saturated carbocycles. The SMILES string of the molecule is CNC(=O)C1CCCN1c1ccc(CN)c(Br)c1. The van der Waals surface area contributed by atoms with Crippen LogP contribution in [-0.4, -0.2) is 25.5 Å². The monoisotopic (exact) mass is 311 g/mol. The highest BCUT2D eigenvalue weighted by molar-refractivity contribution is 9.10. The van der Waals surface area contributed by atoms with Gasteiger partial charge in [0.1, 0.15) is 6.04 Å². The number of hydrogen-bond acceptors (Lipinski definition) is 3. The highest BCUT2D eigenvalue weighted by Gasteiger charge is 2.30. The molecule has 1 aliphatic heterocycles. The van der Waals surface area contributed by atoms with Gasteiger partial charge in [0.05, 0.1) is 0 Å². The van der Waals surface area contributed by atoms with E-state index in [0.29, 0.717) is 6.54 Å². The van der Waals surface area contributed by atoms with Crippen LogP contribution in [0.5, 0.6) is 0 Å². The van der Waals surface area contributed by atoms with Crippen molar-refractivity contribution in [3.05, 3.63) is 28.2 Å². The Morgan fingerprint density at radius 1 is 1.61 bits per heavy atom. The summed E-state index contributed by atoms with van der Waals surface area (Å²) in [6.45, 7) is 1.44. The largest absolute Gasteiger partial charge is 0.359 e. The molecule has 1 aromatic carbocycles. The standard InChI is InChI=1S/C13H18BrN3O/c1-16-13(18)12-3-2-6-17(12)10-5-4-9(8-15)11(14)7-10/h4-5,7,12H,2-3,6,8,15H2,1H3,(H,16,18). The maximum atomic E-state index is 11.8. The molecule has 2 rings (SSSR count). The Bertz CT molecular complexity index is 450. The molecule has 1 aromatic rings. The molecule has 5 heteroatoms. The summed E-state index contributed by atoms with van der Waals surface area (Å²) in [7, 11) is 1.69. The molecule has 1 amide bonds. The predicted octanol–water partition coefficient (Wildman–Crippen LogP) is 1.62. The molecule has 1 unspecified atom stereocenters. The Morgan fingerprint density at radius 2 is 2.39 bits per heavy atom. The van der Waals surface area contributed by atoms with Crippen molar-refractivity contribution in [2.75, 3.05) is 18.5 Å². The second-order valence-corrected chi connectivity index (χ2v) is 5.30. The average Bonchev–Trinajstić information content (AvgIpc) is 2.86. The molecule has 1 saturated heterocycles. The molecule has 3 N–H and O–H groups in total. The zero-order valence-corrected chi connectivity index (χ0v) is 12.0. The number of rotatable bonds is 3. The predicted molar refractivity (Wildman–Crippen MR) is 76.5 cm³/mol. The van der Waals surface area contributed by atoms with Crippen LogP contribution in [0.25, 0.3) is 0 Å². The maximum absolute atomic E-state index is 11.8. The molecule has 0 aliphatic carbocycles. The number of nitrogens with one attached hydrogen (secondary N) is 1. The fraction of sp³-hybridized carbons (Fsp3) is 0.462. The lowest BCUT2D eigenvalue weighted by Gasteiger charge is -2.26. The lowest BCUT2D eigenvalue weighted by Crippen LogP contribution is -2.42. The molecular weight excluding hydrogens is 294 g/mol. The first-order valence-electron chi connectivity index (χ1n) is 6.14. The lowest BCUT2D eigenvalue weighted by atomic mass is 10.1. The van der Waals surface area contributed by atoms with Gasteiger partial charge in [-0.1, -0.05) is 22.0 Å². The molecule has 0 aromatic heterocycles. The number of anilines is 1. The zero-order chi connectivity index (χ0) is 13.1. The van der Waals surface area contributed by atoms with Gasteiger partial charge in [0.15, 0.2) is 0 Å². The minimum atomic E-state index is -0.0503. The highest BCUT2D eigenvalue weighted by atomic mass is 79.9. The molecule has 4 nitrogen and oxygen atoms in total. The topological polar surface area (TPSA) is 58.4 Å². The molecule has 1 heterocycles. The van der Waals surface area contributed by atoms with Gasteiger partial charge >= 0.3 is 0 Å². The van der Waals surface area contributed by atoms with Gasteiger partial charge in [-0.25, -0.2) is 0 Å². The molecule has 18 heavy (non-hydrogen) atoms. The number of likely N-dealkylation sites (N-methyl/N-ethyl adjacent to an activating group) is 1. The van der Waals surface area contributed by atoms with Crippen molar-refractivity contribution in [1.29, 1.82) is 0 Å². The quantitative estimate of drug-likeness (QED) is 0.892. The van der Waals surface area contributed by atoms with Gasteiger partial charge in [-0.05, 0) is 30.5 Å². The van der Waals surface area contributed by atoms with E-state index in [2.05, 4.69) is 26.1 Å². The number of halogens is 1. The van der Waals surface area contributed by atoms with E-state index in [1.807, 2.05) is 18.2 Å². The first kappa shape index (κ1) is 13.4. The summed E-state index contributed by atoms with van der Waals surface area (Å²) in [5.74, 6) is 0.0894. The number of carbonyl (C=O) groups excluding carboxylic acids is 1. The third-order valence-electron chi connectivity index (χ3n) is 3.39. The molecule has 0 radical (unpaired) electrons. The van der Waals surface area contributed by atoms with Crippen molar-refractivity contribution in [3.8, 4) is 0 Å².